The topological polar surface area (TPSA) is 0 Å². The Kier molecular flexibility index (Phi) is 6.98. The lowest BCUT2D eigenvalue weighted by atomic mass is 9.90. The van der Waals surface area contributed by atoms with E-state index in [1.165, 1.54) is 33.4 Å². The molecule has 0 N–H and O–H groups in total. The molecular weight excluding hydrogens is 300 g/mol. The zero-order valence-corrected chi connectivity index (χ0v) is 15.4. The van der Waals surface area contributed by atoms with Crippen molar-refractivity contribution in [1.82, 2.24) is 0 Å². The summed E-state index contributed by atoms with van der Waals surface area (Å²) in [5, 5.41) is 0. The molecule has 0 heteroatoms. The summed E-state index contributed by atoms with van der Waals surface area (Å²) in [5.41, 5.74) is 7.67. The van der Waals surface area contributed by atoms with Crippen LogP contribution in [-0.4, -0.2) is 0 Å². The lowest BCUT2D eigenvalue weighted by Crippen LogP contribution is -1.93. The van der Waals surface area contributed by atoms with E-state index in [0.717, 1.165) is 0 Å². The maximum Gasteiger partial charge on any atom is -0.00762 e. The average molecular weight is 326 g/mol. The number of allylic oxidation sites excluding steroid dienone is 2. The van der Waals surface area contributed by atoms with Gasteiger partial charge in [-0.15, -0.1) is 6.58 Å². The van der Waals surface area contributed by atoms with Crippen molar-refractivity contribution in [3.05, 3.63) is 120 Å². The number of benzene rings is 3. The number of rotatable bonds is 3. The first-order valence-corrected chi connectivity index (χ1v) is 8.63. The molecule has 126 valence electrons. The van der Waals surface area contributed by atoms with Gasteiger partial charge in [0.15, 0.2) is 0 Å². The van der Waals surface area contributed by atoms with Crippen LogP contribution in [0.4, 0.5) is 0 Å². The van der Waals surface area contributed by atoms with Crippen molar-refractivity contribution in [3.63, 3.8) is 0 Å². The van der Waals surface area contributed by atoms with Crippen molar-refractivity contribution >= 4 is 11.1 Å². The van der Waals surface area contributed by atoms with Crippen LogP contribution in [0.25, 0.3) is 11.1 Å². The van der Waals surface area contributed by atoms with Gasteiger partial charge in [-0.3, -0.25) is 0 Å². The van der Waals surface area contributed by atoms with E-state index < -0.39 is 0 Å². The van der Waals surface area contributed by atoms with Crippen LogP contribution in [0.1, 0.15) is 36.1 Å². The van der Waals surface area contributed by atoms with Crippen molar-refractivity contribution in [2.45, 2.75) is 20.8 Å². The Balaban J connectivity index is 0.000000701. The van der Waals surface area contributed by atoms with Gasteiger partial charge in [0, 0.05) is 0 Å². The molecule has 0 nitrogen and oxygen atoms in total. The smallest absolute Gasteiger partial charge is 0.00762 e. The predicted octanol–water partition coefficient (Wildman–Crippen LogP) is 7.17. The van der Waals surface area contributed by atoms with Gasteiger partial charge in [0.05, 0.1) is 0 Å². The second kappa shape index (κ2) is 9.44. The van der Waals surface area contributed by atoms with E-state index in [1.54, 1.807) is 6.08 Å². The summed E-state index contributed by atoms with van der Waals surface area (Å²) in [4.78, 5) is 0. The summed E-state index contributed by atoms with van der Waals surface area (Å²) in [6.45, 7) is 9.58. The summed E-state index contributed by atoms with van der Waals surface area (Å²) in [5.74, 6) is 0. The minimum atomic E-state index is 1.26. The third-order valence-corrected chi connectivity index (χ3v) is 3.98. The Morgan fingerprint density at radius 2 is 1.08 bits per heavy atom. The van der Waals surface area contributed by atoms with E-state index in [4.69, 9.17) is 0 Å². The quantitative estimate of drug-likeness (QED) is 0.353. The van der Waals surface area contributed by atoms with Crippen molar-refractivity contribution < 1.29 is 0 Å². The molecule has 3 rings (SSSR count). The third kappa shape index (κ3) is 5.06. The SMILES string of the molecule is C/C(=C(/c1ccccc1)c1ccc(C)cc1)c1ccccc1.C=CC. The molecule has 0 unspecified atom stereocenters. The molecule has 0 saturated carbocycles. The van der Waals surface area contributed by atoms with Crippen molar-refractivity contribution in [3.8, 4) is 0 Å². The maximum absolute atomic E-state index is 3.36. The molecule has 0 aliphatic carbocycles. The highest BCUT2D eigenvalue weighted by Gasteiger charge is 2.10. The van der Waals surface area contributed by atoms with Gasteiger partial charge in [-0.25, -0.2) is 0 Å². The summed E-state index contributed by atoms with van der Waals surface area (Å²) in [6, 6.07) is 30.0. The van der Waals surface area contributed by atoms with Gasteiger partial charge in [0.2, 0.25) is 0 Å². The second-order valence-corrected chi connectivity index (χ2v) is 6.01. The van der Waals surface area contributed by atoms with E-state index in [0.29, 0.717) is 0 Å². The van der Waals surface area contributed by atoms with Gasteiger partial charge < -0.3 is 0 Å². The van der Waals surface area contributed by atoms with Crippen LogP contribution in [0.15, 0.2) is 97.6 Å². The van der Waals surface area contributed by atoms with Crippen LogP contribution in [0.3, 0.4) is 0 Å². The van der Waals surface area contributed by atoms with Crippen molar-refractivity contribution in [2.75, 3.05) is 0 Å². The molecule has 0 aliphatic heterocycles. The van der Waals surface area contributed by atoms with Gasteiger partial charge in [0.25, 0.3) is 0 Å². The van der Waals surface area contributed by atoms with Crippen molar-refractivity contribution in [2.24, 2.45) is 0 Å². The molecule has 0 saturated heterocycles. The summed E-state index contributed by atoms with van der Waals surface area (Å²) < 4.78 is 0. The Bertz CT molecular complexity index is 807. The van der Waals surface area contributed by atoms with Gasteiger partial charge in [-0.05, 0) is 48.6 Å². The van der Waals surface area contributed by atoms with Crippen LogP contribution in [0.2, 0.25) is 0 Å². The zero-order chi connectivity index (χ0) is 18.1. The van der Waals surface area contributed by atoms with E-state index >= 15 is 0 Å². The van der Waals surface area contributed by atoms with Crippen molar-refractivity contribution in [1.29, 1.82) is 0 Å². The molecule has 0 spiro atoms. The fourth-order valence-corrected chi connectivity index (χ4v) is 2.76. The van der Waals surface area contributed by atoms with Gasteiger partial charge >= 0.3 is 0 Å². The molecule has 3 aromatic carbocycles. The van der Waals surface area contributed by atoms with Gasteiger partial charge in [-0.2, -0.15) is 0 Å². The molecule has 0 fully saturated rings. The Morgan fingerprint density at radius 3 is 1.56 bits per heavy atom. The lowest BCUT2D eigenvalue weighted by Gasteiger charge is -2.14. The summed E-state index contributed by atoms with van der Waals surface area (Å²) >= 11 is 0. The lowest BCUT2D eigenvalue weighted by molar-refractivity contribution is 1.44. The van der Waals surface area contributed by atoms with Crippen LogP contribution < -0.4 is 0 Å². The molecule has 0 radical (unpaired) electrons. The Morgan fingerprint density at radius 1 is 0.680 bits per heavy atom. The van der Waals surface area contributed by atoms with Crippen LogP contribution >= 0.6 is 0 Å². The standard InChI is InChI=1S/C22H20.C3H6/c1-17-13-15-21(16-14-17)22(20-11-7-4-8-12-20)18(2)19-9-5-3-6-10-19;1-3-2/h3-16H,1-2H3;3H,1H2,2H3/b22-18+;. The molecule has 0 aliphatic rings. The fraction of sp³-hybridized carbons (Fsp3) is 0.120. The first-order chi connectivity index (χ1) is 12.2. The molecule has 3 aromatic rings. The molecule has 0 aromatic heterocycles. The average Bonchev–Trinajstić information content (AvgIpc) is 2.66. The van der Waals surface area contributed by atoms with E-state index in [2.05, 4.69) is 105 Å². The minimum Gasteiger partial charge on any atom is -0.103 e. The van der Waals surface area contributed by atoms with Crippen LogP contribution in [0, 0.1) is 6.92 Å². The van der Waals surface area contributed by atoms with Crippen LogP contribution in [0.5, 0.6) is 0 Å². The molecule has 0 atom stereocenters. The maximum atomic E-state index is 3.36. The normalized spacial score (nSPS) is 11.0. The first-order valence-electron chi connectivity index (χ1n) is 8.63. The number of aryl methyl sites for hydroxylation is 1. The highest BCUT2D eigenvalue weighted by Crippen LogP contribution is 2.32. The number of hydrogen-bond acceptors (Lipinski definition) is 0. The largest absolute Gasteiger partial charge is 0.103 e. The van der Waals surface area contributed by atoms with Crippen LogP contribution in [-0.2, 0) is 0 Å². The molecule has 0 amide bonds. The van der Waals surface area contributed by atoms with E-state index in [9.17, 15) is 0 Å². The zero-order valence-electron chi connectivity index (χ0n) is 15.4. The van der Waals surface area contributed by atoms with Gasteiger partial charge in [-0.1, -0.05) is 96.6 Å². The minimum absolute atomic E-state index is 1.26. The Hall–Kier alpha value is -2.86. The predicted molar refractivity (Wildman–Crippen MR) is 112 cm³/mol. The fourth-order valence-electron chi connectivity index (χ4n) is 2.76. The second-order valence-electron chi connectivity index (χ2n) is 6.01. The molecule has 0 heterocycles. The molecular formula is C25H26. The van der Waals surface area contributed by atoms with Gasteiger partial charge in [0.1, 0.15) is 0 Å². The third-order valence-electron chi connectivity index (χ3n) is 3.98. The molecule has 0 bridgehead atoms. The summed E-state index contributed by atoms with van der Waals surface area (Å²) in [6.07, 6.45) is 1.75. The van der Waals surface area contributed by atoms with E-state index in [1.807, 2.05) is 6.92 Å². The number of hydrogen-bond donors (Lipinski definition) is 0. The highest BCUT2D eigenvalue weighted by atomic mass is 14.1. The summed E-state index contributed by atoms with van der Waals surface area (Å²) in [7, 11) is 0. The van der Waals surface area contributed by atoms with E-state index in [-0.39, 0.29) is 0 Å². The monoisotopic (exact) mass is 326 g/mol. The highest BCUT2D eigenvalue weighted by molar-refractivity contribution is 5.97. The first kappa shape index (κ1) is 18.5. The molecule has 25 heavy (non-hydrogen) atoms. The Labute approximate surface area is 152 Å².